The van der Waals surface area contributed by atoms with Gasteiger partial charge in [-0.3, -0.25) is 14.3 Å². The van der Waals surface area contributed by atoms with Gasteiger partial charge in [-0.2, -0.15) is 0 Å². The normalized spacial score (nSPS) is 13.5. The summed E-state index contributed by atoms with van der Waals surface area (Å²) < 4.78 is 41.9. The number of rotatable bonds is 5. The second-order valence-corrected chi connectivity index (χ2v) is 9.43. The van der Waals surface area contributed by atoms with Gasteiger partial charge in [0.15, 0.2) is 5.78 Å². The summed E-state index contributed by atoms with van der Waals surface area (Å²) in [5, 5.41) is 2.69. The Bertz CT molecular complexity index is 1350. The Hall–Kier alpha value is -3.46. The van der Waals surface area contributed by atoms with Gasteiger partial charge < -0.3 is 10.3 Å². The fourth-order valence-electron chi connectivity index (χ4n) is 3.91. The highest BCUT2D eigenvalue weighted by molar-refractivity contribution is 7.92. The van der Waals surface area contributed by atoms with Crippen molar-refractivity contribution in [3.63, 3.8) is 0 Å². The lowest BCUT2D eigenvalue weighted by Crippen LogP contribution is -2.17. The molecular weight excluding hydrogens is 433 g/mol. The van der Waals surface area contributed by atoms with Crippen LogP contribution in [0.4, 0.5) is 15.8 Å². The van der Waals surface area contributed by atoms with Crippen LogP contribution in [-0.4, -0.2) is 25.1 Å². The number of sulfonamides is 1. The van der Waals surface area contributed by atoms with Gasteiger partial charge in [0.05, 0.1) is 10.6 Å². The van der Waals surface area contributed by atoms with Crippen molar-refractivity contribution < 1.29 is 22.4 Å². The molecule has 0 unspecified atom stereocenters. The first kappa shape index (κ1) is 21.8. The first-order valence-electron chi connectivity index (χ1n) is 10.1. The summed E-state index contributed by atoms with van der Waals surface area (Å²) in [5.74, 6) is -1.15. The smallest absolute Gasteiger partial charge is 0.272 e. The Morgan fingerprint density at radius 3 is 2.56 bits per heavy atom. The van der Waals surface area contributed by atoms with Gasteiger partial charge in [-0.15, -0.1) is 0 Å². The standard InChI is InChI=1S/C23H22FN3O4S/c1-13-10-11-15(12-20(13)32(30,31)27-17-7-4-3-6-16(17)24)25-23(29)22-14(2)21-18(26-22)8-5-9-19(21)28/h3-4,6-7,10-12,26-27H,5,8-9H2,1-2H3,(H,25,29). The van der Waals surface area contributed by atoms with Crippen LogP contribution in [0.25, 0.3) is 0 Å². The van der Waals surface area contributed by atoms with Crippen LogP contribution in [0.3, 0.4) is 0 Å². The van der Waals surface area contributed by atoms with Crippen molar-refractivity contribution in [3.8, 4) is 0 Å². The van der Waals surface area contributed by atoms with E-state index < -0.39 is 21.7 Å². The van der Waals surface area contributed by atoms with Crippen LogP contribution in [0.2, 0.25) is 0 Å². The lowest BCUT2D eigenvalue weighted by atomic mass is 9.94. The van der Waals surface area contributed by atoms with Gasteiger partial charge >= 0.3 is 0 Å². The number of anilines is 2. The minimum absolute atomic E-state index is 0.0157. The molecule has 0 atom stereocenters. The van der Waals surface area contributed by atoms with E-state index in [1.54, 1.807) is 26.0 Å². The second-order valence-electron chi connectivity index (χ2n) is 7.78. The Balaban J connectivity index is 1.62. The number of aromatic amines is 1. The number of hydrogen-bond donors (Lipinski definition) is 3. The SMILES string of the molecule is Cc1ccc(NC(=O)c2[nH]c3c(c2C)C(=O)CCC3)cc1S(=O)(=O)Nc1ccccc1F. The number of hydrogen-bond acceptors (Lipinski definition) is 4. The van der Waals surface area contributed by atoms with Gasteiger partial charge in [0.25, 0.3) is 15.9 Å². The van der Waals surface area contributed by atoms with Crippen LogP contribution in [-0.2, 0) is 16.4 Å². The highest BCUT2D eigenvalue weighted by atomic mass is 32.2. The van der Waals surface area contributed by atoms with Crippen LogP contribution < -0.4 is 10.0 Å². The van der Waals surface area contributed by atoms with E-state index in [2.05, 4.69) is 15.0 Å². The number of amides is 1. The zero-order valence-corrected chi connectivity index (χ0v) is 18.4. The lowest BCUT2D eigenvalue weighted by Gasteiger charge is -2.13. The Morgan fingerprint density at radius 2 is 1.84 bits per heavy atom. The molecule has 0 spiro atoms. The molecule has 1 aromatic heterocycles. The summed E-state index contributed by atoms with van der Waals surface area (Å²) in [6.45, 7) is 3.33. The molecule has 9 heteroatoms. The molecule has 2 aromatic carbocycles. The van der Waals surface area contributed by atoms with E-state index in [0.717, 1.165) is 18.2 Å². The van der Waals surface area contributed by atoms with E-state index in [4.69, 9.17) is 0 Å². The van der Waals surface area contributed by atoms with Gasteiger partial charge in [0.1, 0.15) is 11.5 Å². The molecule has 3 N–H and O–H groups in total. The first-order chi connectivity index (χ1) is 15.2. The predicted octanol–water partition coefficient (Wildman–Crippen LogP) is 4.34. The Labute approximate surface area is 185 Å². The topological polar surface area (TPSA) is 108 Å². The van der Waals surface area contributed by atoms with Crippen molar-refractivity contribution in [1.29, 1.82) is 0 Å². The Kier molecular flexibility index (Phi) is 5.60. The number of Topliss-reactive ketones (excluding diaryl/α,β-unsaturated/α-hetero) is 1. The maximum atomic E-state index is 13.9. The molecule has 0 bridgehead atoms. The largest absolute Gasteiger partial charge is 0.354 e. The highest BCUT2D eigenvalue weighted by Crippen LogP contribution is 2.28. The zero-order chi connectivity index (χ0) is 23.0. The summed E-state index contributed by atoms with van der Waals surface area (Å²) in [6, 6.07) is 9.92. The molecule has 1 amide bonds. The summed E-state index contributed by atoms with van der Waals surface area (Å²) in [5.41, 5.74) is 2.71. The van der Waals surface area contributed by atoms with E-state index in [-0.39, 0.29) is 27.7 Å². The van der Waals surface area contributed by atoms with Crippen molar-refractivity contribution >= 4 is 33.1 Å². The van der Waals surface area contributed by atoms with Crippen molar-refractivity contribution in [2.45, 2.75) is 38.0 Å². The molecule has 7 nitrogen and oxygen atoms in total. The number of aryl methyl sites for hydroxylation is 2. The van der Waals surface area contributed by atoms with E-state index in [1.165, 1.54) is 24.3 Å². The number of aromatic nitrogens is 1. The third kappa shape index (κ3) is 4.03. The zero-order valence-electron chi connectivity index (χ0n) is 17.6. The molecular formula is C23H22FN3O4S. The lowest BCUT2D eigenvalue weighted by molar-refractivity contribution is 0.0971. The number of carbonyl (C=O) groups excluding carboxylic acids is 2. The number of benzene rings is 2. The minimum Gasteiger partial charge on any atom is -0.354 e. The molecule has 166 valence electrons. The Morgan fingerprint density at radius 1 is 1.09 bits per heavy atom. The first-order valence-corrected chi connectivity index (χ1v) is 11.6. The third-order valence-corrected chi connectivity index (χ3v) is 7.03. The number of halogens is 1. The molecule has 4 rings (SSSR count). The average molecular weight is 456 g/mol. The van der Waals surface area contributed by atoms with E-state index in [0.29, 0.717) is 29.5 Å². The van der Waals surface area contributed by atoms with Gasteiger partial charge in [-0.25, -0.2) is 12.8 Å². The van der Waals surface area contributed by atoms with Gasteiger partial charge in [0.2, 0.25) is 0 Å². The van der Waals surface area contributed by atoms with Crippen LogP contribution >= 0.6 is 0 Å². The van der Waals surface area contributed by atoms with Gasteiger partial charge in [-0.05, 0) is 62.1 Å². The minimum atomic E-state index is -4.10. The molecule has 0 fully saturated rings. The summed E-state index contributed by atoms with van der Waals surface area (Å²) in [6.07, 6.45) is 1.89. The second kappa shape index (κ2) is 8.23. The van der Waals surface area contributed by atoms with Crippen LogP contribution in [0, 0.1) is 19.7 Å². The van der Waals surface area contributed by atoms with Crippen LogP contribution in [0.15, 0.2) is 47.4 Å². The fraction of sp³-hybridized carbons (Fsp3) is 0.217. The third-order valence-electron chi connectivity index (χ3n) is 5.52. The van der Waals surface area contributed by atoms with E-state index >= 15 is 0 Å². The van der Waals surface area contributed by atoms with Crippen molar-refractivity contribution in [3.05, 3.63) is 76.4 Å². The van der Waals surface area contributed by atoms with E-state index in [9.17, 15) is 22.4 Å². The molecule has 0 aliphatic heterocycles. The fourth-order valence-corrected chi connectivity index (χ4v) is 5.24. The number of nitrogens with one attached hydrogen (secondary N) is 3. The van der Waals surface area contributed by atoms with Crippen molar-refractivity contribution in [2.75, 3.05) is 10.0 Å². The molecule has 1 aliphatic rings. The van der Waals surface area contributed by atoms with Gasteiger partial charge in [0, 0.05) is 23.4 Å². The van der Waals surface area contributed by atoms with Gasteiger partial charge in [-0.1, -0.05) is 18.2 Å². The summed E-state index contributed by atoms with van der Waals surface area (Å²) in [7, 11) is -4.10. The number of carbonyl (C=O) groups is 2. The highest BCUT2D eigenvalue weighted by Gasteiger charge is 2.27. The molecule has 0 radical (unpaired) electrons. The van der Waals surface area contributed by atoms with E-state index in [1.807, 2.05) is 0 Å². The summed E-state index contributed by atoms with van der Waals surface area (Å²) in [4.78, 5) is 28.0. The molecule has 32 heavy (non-hydrogen) atoms. The molecule has 0 saturated heterocycles. The van der Waals surface area contributed by atoms with Crippen molar-refractivity contribution in [1.82, 2.24) is 4.98 Å². The van der Waals surface area contributed by atoms with Crippen molar-refractivity contribution in [2.24, 2.45) is 0 Å². The van der Waals surface area contributed by atoms with Crippen LogP contribution in [0.1, 0.15) is 50.5 Å². The molecule has 3 aromatic rings. The maximum absolute atomic E-state index is 13.9. The predicted molar refractivity (Wildman–Crippen MR) is 119 cm³/mol. The van der Waals surface area contributed by atoms with Crippen LogP contribution in [0.5, 0.6) is 0 Å². The number of fused-ring (bicyclic) bond motifs is 1. The average Bonchev–Trinajstić information content (AvgIpc) is 3.09. The quantitative estimate of drug-likeness (QED) is 0.532. The maximum Gasteiger partial charge on any atom is 0.272 e. The molecule has 1 aliphatic carbocycles. The number of ketones is 1. The molecule has 1 heterocycles. The number of para-hydroxylation sites is 1. The summed E-state index contributed by atoms with van der Waals surface area (Å²) >= 11 is 0. The number of H-pyrrole nitrogens is 1. The molecule has 0 saturated carbocycles. The monoisotopic (exact) mass is 455 g/mol.